The largest absolute Gasteiger partial charge is 0.381 e. The second-order valence-corrected chi connectivity index (χ2v) is 7.81. The monoisotopic (exact) mass is 387 g/mol. The molecule has 1 saturated heterocycles. The van der Waals surface area contributed by atoms with Gasteiger partial charge in [0.1, 0.15) is 0 Å². The molecule has 1 aromatic heterocycles. The molecule has 1 aliphatic heterocycles. The smallest absolute Gasteiger partial charge is 0.226 e. The minimum Gasteiger partial charge on any atom is -0.381 e. The Labute approximate surface area is 163 Å². The van der Waals surface area contributed by atoms with Crippen molar-refractivity contribution >= 4 is 23.2 Å². The number of thiazole rings is 1. The molecule has 1 aliphatic rings. The quantitative estimate of drug-likeness (QED) is 0.725. The fraction of sp³-hybridized carbons (Fsp3) is 0.450. The zero-order valence-corrected chi connectivity index (χ0v) is 16.0. The van der Waals surface area contributed by atoms with Crippen LogP contribution in [0, 0.1) is 5.92 Å². The number of nitrogens with zero attached hydrogens (tertiary/aromatic N) is 1. The van der Waals surface area contributed by atoms with E-state index in [9.17, 15) is 9.59 Å². The molecule has 1 aromatic carbocycles. The van der Waals surface area contributed by atoms with E-state index in [-0.39, 0.29) is 30.7 Å². The van der Waals surface area contributed by atoms with E-state index < -0.39 is 5.91 Å². The van der Waals surface area contributed by atoms with Crippen molar-refractivity contribution < 1.29 is 14.3 Å². The molecule has 2 amide bonds. The van der Waals surface area contributed by atoms with Gasteiger partial charge < -0.3 is 15.8 Å². The summed E-state index contributed by atoms with van der Waals surface area (Å²) in [6.07, 6.45) is 2.79. The molecule has 0 radical (unpaired) electrons. The molecule has 6 nitrogen and oxygen atoms in total. The average Bonchev–Trinajstić information content (AvgIpc) is 3.09. The van der Waals surface area contributed by atoms with Crippen molar-refractivity contribution in [3.8, 4) is 0 Å². The number of carbonyl (C=O) groups is 2. The Balaban J connectivity index is 1.56. The van der Waals surface area contributed by atoms with Gasteiger partial charge in [-0.15, -0.1) is 11.3 Å². The summed E-state index contributed by atoms with van der Waals surface area (Å²) in [6, 6.07) is 9.90. The van der Waals surface area contributed by atoms with E-state index in [1.165, 1.54) is 5.56 Å². The molecular formula is C20H25N3O3S. The molecular weight excluding hydrogens is 362 g/mol. The molecule has 1 atom stereocenters. The summed E-state index contributed by atoms with van der Waals surface area (Å²) in [4.78, 5) is 28.5. The Morgan fingerprint density at radius 1 is 1.26 bits per heavy atom. The first kappa shape index (κ1) is 19.5. The zero-order valence-electron chi connectivity index (χ0n) is 15.2. The molecule has 2 aromatic rings. The van der Waals surface area contributed by atoms with E-state index in [2.05, 4.69) is 22.4 Å². The van der Waals surface area contributed by atoms with Crippen LogP contribution < -0.4 is 11.1 Å². The van der Waals surface area contributed by atoms with E-state index in [1.54, 1.807) is 11.3 Å². The highest BCUT2D eigenvalue weighted by atomic mass is 32.1. The van der Waals surface area contributed by atoms with Crippen LogP contribution in [0.5, 0.6) is 0 Å². The summed E-state index contributed by atoms with van der Waals surface area (Å²) < 4.78 is 5.37. The van der Waals surface area contributed by atoms with Gasteiger partial charge >= 0.3 is 0 Å². The molecule has 2 heterocycles. The first-order chi connectivity index (χ1) is 13.1. The maximum Gasteiger partial charge on any atom is 0.226 e. The Hall–Kier alpha value is -2.25. The highest BCUT2D eigenvalue weighted by molar-refractivity contribution is 7.09. The average molecular weight is 388 g/mol. The molecule has 3 rings (SSSR count). The Kier molecular flexibility index (Phi) is 6.95. The highest BCUT2D eigenvalue weighted by Gasteiger charge is 2.27. The van der Waals surface area contributed by atoms with Crippen LogP contribution in [0.4, 0.5) is 0 Å². The standard InChI is InChI=1S/C20H25N3O3S/c21-18(24)12-17(15-6-8-26-9-7-15)23-19(25)11-16-13-27-20(22-16)10-14-4-2-1-3-5-14/h1-5,13,15,17H,6-12H2,(H2,21,24)(H,23,25). The molecule has 1 fully saturated rings. The maximum absolute atomic E-state index is 12.5. The number of primary amides is 1. The number of nitrogens with two attached hydrogens (primary N) is 1. The predicted octanol–water partition coefficient (Wildman–Crippen LogP) is 2.06. The predicted molar refractivity (Wildman–Crippen MR) is 104 cm³/mol. The lowest BCUT2D eigenvalue weighted by molar-refractivity contribution is -0.123. The van der Waals surface area contributed by atoms with Crippen molar-refractivity contribution in [3.05, 3.63) is 52.0 Å². The summed E-state index contributed by atoms with van der Waals surface area (Å²) in [6.45, 7) is 1.31. The first-order valence-electron chi connectivity index (χ1n) is 9.23. The number of benzene rings is 1. The molecule has 7 heteroatoms. The van der Waals surface area contributed by atoms with Crippen molar-refractivity contribution in [3.63, 3.8) is 0 Å². The fourth-order valence-corrected chi connectivity index (χ4v) is 4.20. The van der Waals surface area contributed by atoms with Gasteiger partial charge in [-0.2, -0.15) is 0 Å². The van der Waals surface area contributed by atoms with Crippen molar-refractivity contribution in [1.29, 1.82) is 0 Å². The zero-order chi connectivity index (χ0) is 19.1. The topological polar surface area (TPSA) is 94.3 Å². The maximum atomic E-state index is 12.5. The minimum absolute atomic E-state index is 0.121. The van der Waals surface area contributed by atoms with E-state index >= 15 is 0 Å². The van der Waals surface area contributed by atoms with Gasteiger partial charge in [-0.25, -0.2) is 4.98 Å². The second kappa shape index (κ2) is 9.62. The van der Waals surface area contributed by atoms with Crippen LogP contribution >= 0.6 is 11.3 Å². The second-order valence-electron chi connectivity index (χ2n) is 6.87. The van der Waals surface area contributed by atoms with Gasteiger partial charge in [0.25, 0.3) is 0 Å². The van der Waals surface area contributed by atoms with E-state index in [0.717, 1.165) is 30.0 Å². The Morgan fingerprint density at radius 3 is 2.70 bits per heavy atom. The third-order valence-corrected chi connectivity index (χ3v) is 5.64. The van der Waals surface area contributed by atoms with Crippen molar-refractivity contribution in [2.75, 3.05) is 13.2 Å². The van der Waals surface area contributed by atoms with Crippen LogP contribution in [0.3, 0.4) is 0 Å². The Bertz CT molecular complexity index is 757. The van der Waals surface area contributed by atoms with Crippen LogP contribution in [0.25, 0.3) is 0 Å². The van der Waals surface area contributed by atoms with Crippen molar-refractivity contribution in [2.24, 2.45) is 11.7 Å². The number of aromatic nitrogens is 1. The number of ether oxygens (including phenoxy) is 1. The van der Waals surface area contributed by atoms with E-state index in [4.69, 9.17) is 10.5 Å². The lowest BCUT2D eigenvalue weighted by atomic mass is 9.89. The van der Waals surface area contributed by atoms with Gasteiger partial charge in [-0.1, -0.05) is 30.3 Å². The third kappa shape index (κ3) is 6.15. The van der Waals surface area contributed by atoms with Gasteiger partial charge in [0.2, 0.25) is 11.8 Å². The van der Waals surface area contributed by atoms with Gasteiger partial charge in [0, 0.05) is 37.5 Å². The first-order valence-corrected chi connectivity index (χ1v) is 10.1. The SMILES string of the molecule is NC(=O)CC(NC(=O)Cc1csc(Cc2ccccc2)n1)C1CCOCC1. The van der Waals surface area contributed by atoms with Gasteiger partial charge in [-0.3, -0.25) is 9.59 Å². The van der Waals surface area contributed by atoms with Crippen LogP contribution in [0.15, 0.2) is 35.7 Å². The van der Waals surface area contributed by atoms with Gasteiger partial charge in [-0.05, 0) is 24.3 Å². The highest BCUT2D eigenvalue weighted by Crippen LogP contribution is 2.21. The van der Waals surface area contributed by atoms with Crippen molar-refractivity contribution in [1.82, 2.24) is 10.3 Å². The number of rotatable bonds is 8. The van der Waals surface area contributed by atoms with Crippen LogP contribution in [0.1, 0.15) is 35.5 Å². The van der Waals surface area contributed by atoms with E-state index in [0.29, 0.717) is 13.2 Å². The summed E-state index contributed by atoms with van der Waals surface area (Å²) >= 11 is 1.56. The normalized spacial score (nSPS) is 16.0. The molecule has 0 aliphatic carbocycles. The lowest BCUT2D eigenvalue weighted by Crippen LogP contribution is -2.45. The fourth-order valence-electron chi connectivity index (χ4n) is 3.37. The summed E-state index contributed by atoms with van der Waals surface area (Å²) in [7, 11) is 0. The number of nitrogens with one attached hydrogen (secondary N) is 1. The summed E-state index contributed by atoms with van der Waals surface area (Å²) in [5.41, 5.74) is 7.33. The van der Waals surface area contributed by atoms with Crippen LogP contribution in [-0.4, -0.2) is 36.1 Å². The molecule has 0 bridgehead atoms. The summed E-state index contributed by atoms with van der Waals surface area (Å²) in [5.74, 6) is -0.297. The number of hydrogen-bond acceptors (Lipinski definition) is 5. The van der Waals surface area contributed by atoms with Crippen LogP contribution in [-0.2, 0) is 27.2 Å². The number of carbonyl (C=O) groups excluding carboxylic acids is 2. The molecule has 0 spiro atoms. The number of amides is 2. The number of hydrogen-bond donors (Lipinski definition) is 2. The molecule has 3 N–H and O–H groups in total. The van der Waals surface area contributed by atoms with Crippen molar-refractivity contribution in [2.45, 2.75) is 38.1 Å². The van der Waals surface area contributed by atoms with Gasteiger partial charge in [0.05, 0.1) is 17.1 Å². The molecule has 144 valence electrons. The van der Waals surface area contributed by atoms with Crippen LogP contribution in [0.2, 0.25) is 0 Å². The third-order valence-electron chi connectivity index (χ3n) is 4.74. The minimum atomic E-state index is -0.398. The van der Waals surface area contributed by atoms with E-state index in [1.807, 2.05) is 23.6 Å². The summed E-state index contributed by atoms with van der Waals surface area (Å²) in [5, 5.41) is 5.91. The molecule has 27 heavy (non-hydrogen) atoms. The Morgan fingerprint density at radius 2 is 2.00 bits per heavy atom. The lowest BCUT2D eigenvalue weighted by Gasteiger charge is -2.30. The molecule has 1 unspecified atom stereocenters. The van der Waals surface area contributed by atoms with Gasteiger partial charge in [0.15, 0.2) is 0 Å². The molecule has 0 saturated carbocycles.